The van der Waals surface area contributed by atoms with Crippen molar-refractivity contribution in [2.24, 2.45) is 0 Å². The fourth-order valence-corrected chi connectivity index (χ4v) is 2.20. The van der Waals surface area contributed by atoms with Crippen molar-refractivity contribution >= 4 is 11.6 Å². The van der Waals surface area contributed by atoms with Crippen LogP contribution < -0.4 is 10.9 Å². The molecule has 0 saturated carbocycles. The van der Waals surface area contributed by atoms with Crippen LogP contribution in [0.25, 0.3) is 11.3 Å². The molecule has 3 rings (SSSR count). The van der Waals surface area contributed by atoms with Gasteiger partial charge in [0.25, 0.3) is 5.56 Å². The van der Waals surface area contributed by atoms with E-state index in [0.717, 1.165) is 23.3 Å². The molecule has 2 N–H and O–H groups in total. The molecule has 23 heavy (non-hydrogen) atoms. The Kier molecular flexibility index (Phi) is 3.89. The van der Waals surface area contributed by atoms with Gasteiger partial charge in [0.15, 0.2) is 0 Å². The average Bonchev–Trinajstić information content (AvgIpc) is 2.51. The molecule has 0 radical (unpaired) electrons. The van der Waals surface area contributed by atoms with E-state index < -0.39 is 17.2 Å². The van der Waals surface area contributed by atoms with Gasteiger partial charge in [-0.05, 0) is 25.1 Å². The fourth-order valence-electron chi connectivity index (χ4n) is 2.20. The zero-order valence-corrected chi connectivity index (χ0v) is 12.2. The third kappa shape index (κ3) is 3.26. The molecule has 0 atom stereocenters. The Morgan fingerprint density at radius 1 is 1.04 bits per heavy atom. The van der Waals surface area contributed by atoms with Crippen molar-refractivity contribution in [3.05, 3.63) is 76.1 Å². The number of rotatable bonds is 3. The molecule has 0 bridgehead atoms. The van der Waals surface area contributed by atoms with Gasteiger partial charge in [0, 0.05) is 11.6 Å². The number of aromatic amines is 1. The molecule has 0 amide bonds. The van der Waals surface area contributed by atoms with Gasteiger partial charge in [-0.2, -0.15) is 0 Å². The summed E-state index contributed by atoms with van der Waals surface area (Å²) in [6, 6.07) is 12.3. The van der Waals surface area contributed by atoms with Crippen LogP contribution in [0.1, 0.15) is 5.56 Å². The molecule has 1 aromatic heterocycles. The maximum atomic E-state index is 13.7. The van der Waals surface area contributed by atoms with E-state index in [0.29, 0.717) is 5.69 Å². The van der Waals surface area contributed by atoms with Gasteiger partial charge in [-0.15, -0.1) is 0 Å². The molecule has 1 heterocycles. The van der Waals surface area contributed by atoms with Crippen molar-refractivity contribution in [1.82, 2.24) is 9.97 Å². The topological polar surface area (TPSA) is 57.8 Å². The summed E-state index contributed by atoms with van der Waals surface area (Å²) >= 11 is 0. The zero-order chi connectivity index (χ0) is 16.4. The van der Waals surface area contributed by atoms with Crippen LogP contribution in [0.15, 0.2) is 53.3 Å². The Labute approximate surface area is 130 Å². The number of hydrogen-bond donors (Lipinski definition) is 2. The Balaban J connectivity index is 2.03. The van der Waals surface area contributed by atoms with Crippen LogP contribution >= 0.6 is 0 Å². The van der Waals surface area contributed by atoms with Crippen molar-refractivity contribution in [1.29, 1.82) is 0 Å². The average molecular weight is 313 g/mol. The Morgan fingerprint density at radius 2 is 1.74 bits per heavy atom. The van der Waals surface area contributed by atoms with E-state index in [4.69, 9.17) is 0 Å². The summed E-state index contributed by atoms with van der Waals surface area (Å²) in [5, 5.41) is 2.49. The summed E-state index contributed by atoms with van der Waals surface area (Å²) in [7, 11) is 0. The number of halogens is 2. The highest BCUT2D eigenvalue weighted by atomic mass is 19.1. The van der Waals surface area contributed by atoms with Crippen LogP contribution in [-0.2, 0) is 0 Å². The Bertz CT molecular complexity index is 901. The maximum absolute atomic E-state index is 13.7. The highest BCUT2D eigenvalue weighted by Gasteiger charge is 2.11. The maximum Gasteiger partial charge on any atom is 0.252 e. The molecule has 0 fully saturated rings. The third-order valence-corrected chi connectivity index (χ3v) is 3.26. The quantitative estimate of drug-likeness (QED) is 0.774. The van der Waals surface area contributed by atoms with Crippen molar-refractivity contribution in [2.45, 2.75) is 6.92 Å². The number of H-pyrrole nitrogens is 1. The van der Waals surface area contributed by atoms with Crippen LogP contribution in [0.4, 0.5) is 20.4 Å². The highest BCUT2D eigenvalue weighted by Crippen LogP contribution is 2.22. The molecule has 0 unspecified atom stereocenters. The van der Waals surface area contributed by atoms with Gasteiger partial charge in [0.2, 0.25) is 5.95 Å². The number of anilines is 2. The highest BCUT2D eigenvalue weighted by molar-refractivity contribution is 5.63. The van der Waals surface area contributed by atoms with Crippen molar-refractivity contribution in [3.8, 4) is 11.3 Å². The molecule has 0 spiro atoms. The Hall–Kier alpha value is -3.02. The van der Waals surface area contributed by atoms with Gasteiger partial charge < -0.3 is 5.32 Å². The monoisotopic (exact) mass is 313 g/mol. The van der Waals surface area contributed by atoms with Gasteiger partial charge in [-0.3, -0.25) is 9.78 Å². The molecule has 2 aromatic carbocycles. The zero-order valence-electron chi connectivity index (χ0n) is 12.2. The van der Waals surface area contributed by atoms with E-state index >= 15 is 0 Å². The van der Waals surface area contributed by atoms with Crippen molar-refractivity contribution in [2.75, 3.05) is 5.32 Å². The van der Waals surface area contributed by atoms with Gasteiger partial charge >= 0.3 is 0 Å². The SMILES string of the molecule is Cc1cccc(-c2cc(=O)[nH]c(Nc3c(F)cccc3F)n2)c1. The second-order valence-corrected chi connectivity index (χ2v) is 5.07. The molecular formula is C17H13F2N3O. The van der Waals surface area contributed by atoms with Crippen molar-refractivity contribution < 1.29 is 8.78 Å². The lowest BCUT2D eigenvalue weighted by atomic mass is 10.1. The van der Waals surface area contributed by atoms with Gasteiger partial charge in [0.05, 0.1) is 5.69 Å². The number of aromatic nitrogens is 2. The first kappa shape index (κ1) is 14.9. The predicted octanol–water partition coefficient (Wildman–Crippen LogP) is 3.77. The smallest absolute Gasteiger partial charge is 0.252 e. The summed E-state index contributed by atoms with van der Waals surface area (Å²) in [5.41, 5.74) is 1.39. The van der Waals surface area contributed by atoms with E-state index in [2.05, 4.69) is 15.3 Å². The minimum Gasteiger partial charge on any atom is -0.321 e. The van der Waals surface area contributed by atoms with Crippen LogP contribution in [-0.4, -0.2) is 9.97 Å². The molecule has 116 valence electrons. The summed E-state index contributed by atoms with van der Waals surface area (Å²) in [6.07, 6.45) is 0. The standard InChI is InChI=1S/C17H13F2N3O/c1-10-4-2-5-11(8-10)14-9-15(23)21-17(20-14)22-16-12(18)6-3-7-13(16)19/h2-9H,1H3,(H2,20,21,22,23). The van der Waals surface area contributed by atoms with Gasteiger partial charge in [0.1, 0.15) is 17.3 Å². The molecule has 0 saturated heterocycles. The molecule has 6 heteroatoms. The van der Waals surface area contributed by atoms with Gasteiger partial charge in [-0.1, -0.05) is 29.8 Å². The fraction of sp³-hybridized carbons (Fsp3) is 0.0588. The number of nitrogens with one attached hydrogen (secondary N) is 2. The van der Waals surface area contributed by atoms with E-state index in [1.165, 1.54) is 12.1 Å². The summed E-state index contributed by atoms with van der Waals surface area (Å²) in [6.45, 7) is 1.92. The number of benzene rings is 2. The summed E-state index contributed by atoms with van der Waals surface area (Å²) in [5.74, 6) is -1.57. The van der Waals surface area contributed by atoms with Gasteiger partial charge in [-0.25, -0.2) is 13.8 Å². The molecule has 3 aromatic rings. The van der Waals surface area contributed by atoms with Crippen LogP contribution in [0.3, 0.4) is 0 Å². The second-order valence-electron chi connectivity index (χ2n) is 5.07. The van der Waals surface area contributed by atoms with E-state index in [9.17, 15) is 13.6 Å². The molecule has 0 aliphatic carbocycles. The number of aryl methyl sites for hydroxylation is 1. The lowest BCUT2D eigenvalue weighted by Gasteiger charge is -2.09. The lowest BCUT2D eigenvalue weighted by Crippen LogP contribution is -2.11. The Morgan fingerprint density at radius 3 is 2.43 bits per heavy atom. The van der Waals surface area contributed by atoms with E-state index in [1.807, 2.05) is 31.2 Å². The number of hydrogen-bond acceptors (Lipinski definition) is 3. The van der Waals surface area contributed by atoms with Crippen LogP contribution in [0.2, 0.25) is 0 Å². The molecule has 0 aliphatic rings. The third-order valence-electron chi connectivity index (χ3n) is 3.26. The van der Waals surface area contributed by atoms with Crippen LogP contribution in [0.5, 0.6) is 0 Å². The molecule has 0 aliphatic heterocycles. The van der Waals surface area contributed by atoms with Crippen molar-refractivity contribution in [3.63, 3.8) is 0 Å². The number of para-hydroxylation sites is 1. The lowest BCUT2D eigenvalue weighted by molar-refractivity contribution is 0.590. The number of nitrogens with zero attached hydrogens (tertiary/aromatic N) is 1. The second kappa shape index (κ2) is 6.00. The van der Waals surface area contributed by atoms with E-state index in [1.54, 1.807) is 0 Å². The minimum atomic E-state index is -0.770. The minimum absolute atomic E-state index is 0.0296. The first-order valence-corrected chi connectivity index (χ1v) is 6.92. The largest absolute Gasteiger partial charge is 0.321 e. The summed E-state index contributed by atoms with van der Waals surface area (Å²) < 4.78 is 27.4. The van der Waals surface area contributed by atoms with Crippen LogP contribution in [0, 0.1) is 18.6 Å². The van der Waals surface area contributed by atoms with E-state index in [-0.39, 0.29) is 11.6 Å². The molecular weight excluding hydrogens is 300 g/mol. The predicted molar refractivity (Wildman–Crippen MR) is 84.7 cm³/mol. The first-order valence-electron chi connectivity index (χ1n) is 6.92. The molecule has 4 nitrogen and oxygen atoms in total. The normalized spacial score (nSPS) is 10.6. The first-order chi connectivity index (χ1) is 11.0. The summed E-state index contributed by atoms with van der Waals surface area (Å²) in [4.78, 5) is 18.5.